The molecule has 0 aromatic heterocycles. The summed E-state index contributed by atoms with van der Waals surface area (Å²) < 4.78 is 26.3. The Morgan fingerprint density at radius 2 is 1.86 bits per heavy atom. The van der Waals surface area contributed by atoms with Crippen molar-refractivity contribution in [1.82, 2.24) is 0 Å². The van der Waals surface area contributed by atoms with Crippen LogP contribution in [0.25, 0.3) is 0 Å². The van der Waals surface area contributed by atoms with E-state index in [-0.39, 0.29) is 11.3 Å². The van der Waals surface area contributed by atoms with Crippen LogP contribution in [0.3, 0.4) is 0 Å². The molecule has 0 aliphatic rings. The van der Waals surface area contributed by atoms with Gasteiger partial charge in [0.05, 0.1) is 22.1 Å². The molecule has 4 heteroatoms. The predicted octanol–water partition coefficient (Wildman–Crippen LogP) is 4.13. The highest BCUT2D eigenvalue weighted by Crippen LogP contribution is 2.20. The average molecular weight is 301 g/mol. The lowest BCUT2D eigenvalue weighted by Crippen LogP contribution is -2.01. The van der Waals surface area contributed by atoms with Crippen molar-refractivity contribution in [2.24, 2.45) is 0 Å². The van der Waals surface area contributed by atoms with Crippen LogP contribution in [0.5, 0.6) is 0 Å². The predicted molar refractivity (Wildman–Crippen MR) is 81.8 cm³/mol. The molecule has 0 aliphatic heterocycles. The van der Waals surface area contributed by atoms with Crippen LogP contribution in [0.1, 0.15) is 36.5 Å². The van der Waals surface area contributed by atoms with Crippen LogP contribution in [0.4, 0.5) is 4.39 Å². The van der Waals surface area contributed by atoms with Crippen LogP contribution < -0.4 is 0 Å². The van der Waals surface area contributed by atoms with Crippen molar-refractivity contribution < 1.29 is 8.60 Å². The summed E-state index contributed by atoms with van der Waals surface area (Å²) in [5.41, 5.74) is 1.47. The second kappa shape index (κ2) is 6.64. The first-order valence-electron chi connectivity index (χ1n) is 6.68. The normalized spacial score (nSPS) is 12.1. The summed E-state index contributed by atoms with van der Waals surface area (Å²) in [6.45, 7) is 4.18. The number of nitrogens with zero attached hydrogens (tertiary/aromatic N) is 1. The molecule has 2 aromatic carbocycles. The maximum Gasteiger partial charge on any atom is 0.145 e. The molecule has 0 aliphatic carbocycles. The standard InChI is InChI=1S/C17H16FNOS/c1-12(2)13-6-8-16(9-7-13)21(20)11-15-5-3-4-14(10-19)17(15)18/h3-9,12H,11H2,1-2H3. The molecule has 0 bridgehead atoms. The fourth-order valence-corrected chi connectivity index (χ4v) is 3.12. The number of hydrogen-bond acceptors (Lipinski definition) is 2. The highest BCUT2D eigenvalue weighted by Gasteiger charge is 2.12. The number of hydrogen-bond donors (Lipinski definition) is 0. The first-order valence-corrected chi connectivity index (χ1v) is 8.00. The monoisotopic (exact) mass is 301 g/mol. The molecular formula is C17H16FNOS. The summed E-state index contributed by atoms with van der Waals surface area (Å²) in [6.07, 6.45) is 0. The van der Waals surface area contributed by atoms with Gasteiger partial charge in [0, 0.05) is 10.5 Å². The molecule has 0 N–H and O–H groups in total. The third-order valence-electron chi connectivity index (χ3n) is 3.30. The van der Waals surface area contributed by atoms with Gasteiger partial charge in [-0.3, -0.25) is 4.21 Å². The summed E-state index contributed by atoms with van der Waals surface area (Å²) >= 11 is 0. The first kappa shape index (κ1) is 15.4. The van der Waals surface area contributed by atoms with Crippen molar-refractivity contribution in [3.8, 4) is 6.07 Å². The topological polar surface area (TPSA) is 40.9 Å². The first-order chi connectivity index (χ1) is 10.0. The SMILES string of the molecule is CC(C)c1ccc(S(=O)Cc2cccc(C#N)c2F)cc1. The molecule has 0 amide bonds. The van der Waals surface area contributed by atoms with Crippen LogP contribution in [0, 0.1) is 17.1 Å². The fourth-order valence-electron chi connectivity index (χ4n) is 2.01. The van der Waals surface area contributed by atoms with Crippen molar-refractivity contribution in [3.63, 3.8) is 0 Å². The molecule has 108 valence electrons. The molecule has 0 fully saturated rings. The Hall–Kier alpha value is -1.99. The molecule has 2 aromatic rings. The smallest absolute Gasteiger partial charge is 0.145 e. The lowest BCUT2D eigenvalue weighted by molar-refractivity contribution is 0.611. The van der Waals surface area contributed by atoms with E-state index in [0.717, 1.165) is 0 Å². The van der Waals surface area contributed by atoms with Crippen molar-refractivity contribution in [2.45, 2.75) is 30.4 Å². The molecule has 2 nitrogen and oxygen atoms in total. The molecule has 1 unspecified atom stereocenters. The van der Waals surface area contributed by atoms with E-state index in [1.807, 2.05) is 24.3 Å². The van der Waals surface area contributed by atoms with Crippen molar-refractivity contribution in [1.29, 1.82) is 5.26 Å². The quantitative estimate of drug-likeness (QED) is 0.852. The second-order valence-electron chi connectivity index (χ2n) is 5.10. The van der Waals surface area contributed by atoms with E-state index >= 15 is 0 Å². The van der Waals surface area contributed by atoms with Crippen LogP contribution in [0.2, 0.25) is 0 Å². The van der Waals surface area contributed by atoms with Crippen LogP contribution in [-0.4, -0.2) is 4.21 Å². The number of benzene rings is 2. The minimum absolute atomic E-state index is 0.0142. The minimum Gasteiger partial charge on any atom is -0.254 e. The van der Waals surface area contributed by atoms with Crippen molar-refractivity contribution in [2.75, 3.05) is 0 Å². The Balaban J connectivity index is 2.20. The third-order valence-corrected chi connectivity index (χ3v) is 4.67. The zero-order valence-corrected chi connectivity index (χ0v) is 12.8. The molecule has 0 radical (unpaired) electrons. The third kappa shape index (κ3) is 3.56. The van der Waals surface area contributed by atoms with Crippen LogP contribution in [0.15, 0.2) is 47.4 Å². The fraction of sp³-hybridized carbons (Fsp3) is 0.235. The molecule has 0 heterocycles. The van der Waals surface area contributed by atoms with Crippen molar-refractivity contribution >= 4 is 10.8 Å². The number of nitriles is 1. The number of rotatable bonds is 4. The average Bonchev–Trinajstić information content (AvgIpc) is 2.49. The Morgan fingerprint density at radius 1 is 1.19 bits per heavy atom. The second-order valence-corrected chi connectivity index (χ2v) is 6.56. The molecule has 0 saturated carbocycles. The Kier molecular flexibility index (Phi) is 4.87. The zero-order chi connectivity index (χ0) is 15.4. The van der Waals surface area contributed by atoms with Crippen LogP contribution >= 0.6 is 0 Å². The van der Waals surface area contributed by atoms with Gasteiger partial charge in [0.2, 0.25) is 0 Å². The van der Waals surface area contributed by atoms with E-state index in [1.165, 1.54) is 11.6 Å². The van der Waals surface area contributed by atoms with Gasteiger partial charge in [0.1, 0.15) is 11.9 Å². The lowest BCUT2D eigenvalue weighted by Gasteiger charge is -2.08. The molecule has 0 spiro atoms. The van der Waals surface area contributed by atoms with E-state index in [0.29, 0.717) is 16.4 Å². The highest BCUT2D eigenvalue weighted by atomic mass is 32.2. The zero-order valence-electron chi connectivity index (χ0n) is 12.0. The summed E-state index contributed by atoms with van der Waals surface area (Å²) in [7, 11) is -1.33. The van der Waals surface area contributed by atoms with E-state index in [4.69, 9.17) is 5.26 Å². The van der Waals surface area contributed by atoms with E-state index < -0.39 is 16.6 Å². The van der Waals surface area contributed by atoms with Crippen molar-refractivity contribution in [3.05, 3.63) is 65.0 Å². The molecule has 1 atom stereocenters. The van der Waals surface area contributed by atoms with Gasteiger partial charge in [-0.2, -0.15) is 5.26 Å². The summed E-state index contributed by atoms with van der Waals surface area (Å²) in [5, 5.41) is 8.81. The van der Waals surface area contributed by atoms with E-state index in [2.05, 4.69) is 13.8 Å². The summed E-state index contributed by atoms with van der Waals surface area (Å²) in [4.78, 5) is 0.668. The van der Waals surface area contributed by atoms with E-state index in [1.54, 1.807) is 18.2 Å². The maximum absolute atomic E-state index is 14.0. The van der Waals surface area contributed by atoms with Crippen LogP contribution in [-0.2, 0) is 16.6 Å². The Bertz CT molecular complexity index is 702. The maximum atomic E-state index is 14.0. The van der Waals surface area contributed by atoms with Gasteiger partial charge < -0.3 is 0 Å². The molecule has 21 heavy (non-hydrogen) atoms. The van der Waals surface area contributed by atoms with Gasteiger partial charge in [-0.15, -0.1) is 0 Å². The Labute approximate surface area is 126 Å². The minimum atomic E-state index is -1.33. The Morgan fingerprint density at radius 3 is 2.43 bits per heavy atom. The van der Waals surface area contributed by atoms with Gasteiger partial charge in [0.25, 0.3) is 0 Å². The van der Waals surface area contributed by atoms with Gasteiger partial charge in [0.15, 0.2) is 0 Å². The highest BCUT2D eigenvalue weighted by molar-refractivity contribution is 7.84. The lowest BCUT2D eigenvalue weighted by atomic mass is 10.0. The van der Waals surface area contributed by atoms with Gasteiger partial charge in [-0.05, 0) is 29.7 Å². The van der Waals surface area contributed by atoms with Gasteiger partial charge in [-0.25, -0.2) is 4.39 Å². The summed E-state index contributed by atoms with van der Waals surface area (Å²) in [5.74, 6) is -0.0908. The molecular weight excluding hydrogens is 285 g/mol. The largest absolute Gasteiger partial charge is 0.254 e. The molecule has 0 saturated heterocycles. The van der Waals surface area contributed by atoms with E-state index in [9.17, 15) is 8.60 Å². The van der Waals surface area contributed by atoms with Gasteiger partial charge >= 0.3 is 0 Å². The molecule has 2 rings (SSSR count). The number of halogens is 1. The summed E-state index contributed by atoms with van der Waals surface area (Å²) in [6, 6.07) is 13.9. The van der Waals surface area contributed by atoms with Gasteiger partial charge in [-0.1, -0.05) is 38.1 Å².